The van der Waals surface area contributed by atoms with E-state index in [1.54, 1.807) is 0 Å². The third-order valence-corrected chi connectivity index (χ3v) is 9.87. The summed E-state index contributed by atoms with van der Waals surface area (Å²) in [6, 6.07) is 10.5. The van der Waals surface area contributed by atoms with E-state index >= 15 is 0 Å². The number of allylic oxidation sites excluding steroid dienone is 4. The van der Waals surface area contributed by atoms with Gasteiger partial charge in [0.15, 0.2) is 0 Å². The fraction of sp³-hybridized carbons (Fsp3) is 0.576. The minimum atomic E-state index is -0.636. The van der Waals surface area contributed by atoms with Crippen molar-refractivity contribution in [1.29, 1.82) is 0 Å². The van der Waals surface area contributed by atoms with Crippen molar-refractivity contribution in [1.82, 2.24) is 0 Å². The topological polar surface area (TPSA) is 60.7 Å². The van der Waals surface area contributed by atoms with Gasteiger partial charge in [0.25, 0.3) is 0 Å². The number of aliphatic hydroxyl groups excluding tert-OH is 3. The van der Waals surface area contributed by atoms with Gasteiger partial charge in [-0.3, -0.25) is 0 Å². The van der Waals surface area contributed by atoms with Crippen LogP contribution in [0.3, 0.4) is 0 Å². The molecule has 0 amide bonds. The molecule has 7 atom stereocenters. The van der Waals surface area contributed by atoms with Gasteiger partial charge in [-0.1, -0.05) is 74.6 Å². The zero-order chi connectivity index (χ0) is 25.4. The lowest BCUT2D eigenvalue weighted by atomic mass is 9.61. The Morgan fingerprint density at radius 3 is 2.56 bits per heavy atom. The molecule has 0 bridgehead atoms. The van der Waals surface area contributed by atoms with Crippen LogP contribution in [0.1, 0.15) is 77.2 Å². The fourth-order valence-corrected chi connectivity index (χ4v) is 7.67. The summed E-state index contributed by atoms with van der Waals surface area (Å²) in [5, 5.41) is 31.5. The number of rotatable bonds is 6. The van der Waals surface area contributed by atoms with Gasteiger partial charge >= 0.3 is 0 Å². The van der Waals surface area contributed by atoms with Gasteiger partial charge in [0.1, 0.15) is 0 Å². The first-order valence-electron chi connectivity index (χ1n) is 14.2. The average Bonchev–Trinajstić information content (AvgIpc) is 3.65. The average molecular weight is 489 g/mol. The molecule has 3 nitrogen and oxygen atoms in total. The van der Waals surface area contributed by atoms with Crippen LogP contribution in [0.4, 0.5) is 0 Å². The van der Waals surface area contributed by atoms with Crippen LogP contribution < -0.4 is 0 Å². The largest absolute Gasteiger partial charge is 0.393 e. The highest BCUT2D eigenvalue weighted by atomic mass is 16.3. The lowest BCUT2D eigenvalue weighted by molar-refractivity contribution is 0.0862. The van der Waals surface area contributed by atoms with E-state index in [4.69, 9.17) is 0 Å². The van der Waals surface area contributed by atoms with Gasteiger partial charge in [0.05, 0.1) is 18.3 Å². The molecule has 0 spiro atoms. The molecule has 3 N–H and O–H groups in total. The van der Waals surface area contributed by atoms with E-state index < -0.39 is 12.2 Å². The molecule has 0 unspecified atom stereocenters. The summed E-state index contributed by atoms with van der Waals surface area (Å²) in [7, 11) is 0. The van der Waals surface area contributed by atoms with Crippen molar-refractivity contribution in [2.45, 2.75) is 89.9 Å². The summed E-state index contributed by atoms with van der Waals surface area (Å²) >= 11 is 0. The minimum Gasteiger partial charge on any atom is -0.393 e. The van der Waals surface area contributed by atoms with Crippen molar-refractivity contribution in [3.8, 4) is 0 Å². The van der Waals surface area contributed by atoms with Gasteiger partial charge in [0, 0.05) is 6.42 Å². The molecule has 0 aliphatic heterocycles. The van der Waals surface area contributed by atoms with Crippen molar-refractivity contribution >= 4 is 5.57 Å². The first-order chi connectivity index (χ1) is 17.3. The maximum Gasteiger partial charge on any atom is 0.0821 e. The van der Waals surface area contributed by atoms with Crippen LogP contribution in [-0.2, 0) is 0 Å². The molecule has 4 aliphatic rings. The molecule has 194 valence electrons. The van der Waals surface area contributed by atoms with E-state index in [9.17, 15) is 15.3 Å². The standard InChI is InChI=1S/C33H44O3/c1-21(18-28(32(36)25-12-13-25)23-8-5-4-6-9-23)29-15-16-30-24(10-7-17-33(29,30)3)11-14-26-19-27(34)20-31(35)22(26)2/h4-6,8-9,11,14,18,21,25,27,29-32,34-36H,2,7,10,12-13,15-17,19-20H2,1,3H3/b24-11+,26-14-,28-18+/t21-,27-,29-,30+,31+,32+,33-/m1/s1. The smallest absolute Gasteiger partial charge is 0.0821 e. The predicted octanol–water partition coefficient (Wildman–Crippen LogP) is 6.62. The van der Waals surface area contributed by atoms with Crippen LogP contribution in [0.15, 0.2) is 71.9 Å². The highest BCUT2D eigenvalue weighted by molar-refractivity contribution is 5.69. The highest BCUT2D eigenvalue weighted by Crippen LogP contribution is 2.60. The van der Waals surface area contributed by atoms with Crippen LogP contribution in [-0.4, -0.2) is 33.6 Å². The van der Waals surface area contributed by atoms with Crippen LogP contribution in [0, 0.1) is 29.1 Å². The fourth-order valence-electron chi connectivity index (χ4n) is 7.67. The lowest BCUT2D eigenvalue weighted by Crippen LogP contribution is -2.35. The first kappa shape index (κ1) is 25.7. The maximum absolute atomic E-state index is 11.2. The van der Waals surface area contributed by atoms with E-state index in [1.807, 2.05) is 6.07 Å². The van der Waals surface area contributed by atoms with E-state index in [0.29, 0.717) is 36.5 Å². The molecule has 5 rings (SSSR count). The molecule has 36 heavy (non-hydrogen) atoms. The molecule has 1 aromatic carbocycles. The lowest BCUT2D eigenvalue weighted by Gasteiger charge is -2.44. The second kappa shape index (κ2) is 10.4. The third-order valence-electron chi connectivity index (χ3n) is 9.87. The SMILES string of the molecule is C=C1/C(=C\C=C2/CCC[C@]3(C)[C@@H]([C@H](C)/C=C(\c4ccccc4)[C@@H](O)C4CC4)CC[C@@H]23)C[C@@H](O)C[C@@H]1O. The Morgan fingerprint density at radius 1 is 1.08 bits per heavy atom. The second-order valence-corrected chi connectivity index (χ2v) is 12.3. The second-order valence-electron chi connectivity index (χ2n) is 12.3. The van der Waals surface area contributed by atoms with Crippen LogP contribution in [0.25, 0.3) is 5.57 Å². The Kier molecular flexibility index (Phi) is 7.45. The molecular formula is C33H44O3. The quantitative estimate of drug-likeness (QED) is 0.422. The zero-order valence-electron chi connectivity index (χ0n) is 22.1. The summed E-state index contributed by atoms with van der Waals surface area (Å²) < 4.78 is 0. The predicted molar refractivity (Wildman–Crippen MR) is 147 cm³/mol. The van der Waals surface area contributed by atoms with Gasteiger partial charge < -0.3 is 15.3 Å². The van der Waals surface area contributed by atoms with Crippen molar-refractivity contribution in [2.75, 3.05) is 0 Å². The summed E-state index contributed by atoms with van der Waals surface area (Å²) in [5.74, 6) is 1.99. The van der Waals surface area contributed by atoms with E-state index in [2.05, 4.69) is 62.9 Å². The first-order valence-corrected chi connectivity index (χ1v) is 14.2. The monoisotopic (exact) mass is 488 g/mol. The maximum atomic E-state index is 11.2. The van der Waals surface area contributed by atoms with Crippen molar-refractivity contribution in [2.24, 2.45) is 29.1 Å². The van der Waals surface area contributed by atoms with Gasteiger partial charge in [-0.25, -0.2) is 0 Å². The Morgan fingerprint density at radius 2 is 1.83 bits per heavy atom. The van der Waals surface area contributed by atoms with Crippen molar-refractivity contribution < 1.29 is 15.3 Å². The van der Waals surface area contributed by atoms with Crippen LogP contribution >= 0.6 is 0 Å². The van der Waals surface area contributed by atoms with Gasteiger partial charge in [-0.15, -0.1) is 0 Å². The highest BCUT2D eigenvalue weighted by Gasteiger charge is 2.50. The van der Waals surface area contributed by atoms with Crippen molar-refractivity contribution in [3.05, 3.63) is 77.4 Å². The van der Waals surface area contributed by atoms with E-state index in [0.717, 1.165) is 41.5 Å². The normalized spacial score (nSPS) is 37.2. The van der Waals surface area contributed by atoms with E-state index in [1.165, 1.54) is 31.3 Å². The summed E-state index contributed by atoms with van der Waals surface area (Å²) in [6.07, 6.45) is 14.6. The zero-order valence-corrected chi connectivity index (χ0v) is 22.1. The molecule has 4 saturated carbocycles. The van der Waals surface area contributed by atoms with Gasteiger partial charge in [-0.2, -0.15) is 0 Å². The number of fused-ring (bicyclic) bond motifs is 1. The molecule has 4 aliphatic carbocycles. The molecular weight excluding hydrogens is 444 g/mol. The third kappa shape index (κ3) is 5.08. The van der Waals surface area contributed by atoms with Crippen LogP contribution in [0.5, 0.6) is 0 Å². The minimum absolute atomic E-state index is 0.257. The molecule has 1 aromatic rings. The number of aliphatic hydroxyl groups is 3. The van der Waals surface area contributed by atoms with Gasteiger partial charge in [-0.05, 0) is 103 Å². The Labute approximate surface area is 217 Å². The summed E-state index contributed by atoms with van der Waals surface area (Å²) in [6.45, 7) is 8.97. The van der Waals surface area contributed by atoms with E-state index in [-0.39, 0.29) is 11.5 Å². The molecule has 0 heterocycles. The number of benzene rings is 1. The Balaban J connectivity index is 1.38. The Bertz CT molecular complexity index is 1050. The summed E-state index contributed by atoms with van der Waals surface area (Å²) in [5.41, 5.74) is 5.83. The molecule has 0 radical (unpaired) electrons. The molecule has 3 heteroatoms. The van der Waals surface area contributed by atoms with Gasteiger partial charge in [0.2, 0.25) is 0 Å². The molecule has 4 fully saturated rings. The molecule has 0 saturated heterocycles. The van der Waals surface area contributed by atoms with Crippen LogP contribution in [0.2, 0.25) is 0 Å². The van der Waals surface area contributed by atoms with Crippen molar-refractivity contribution in [3.63, 3.8) is 0 Å². The Hall–Kier alpha value is -1.94. The molecule has 0 aromatic heterocycles. The number of hydrogen-bond acceptors (Lipinski definition) is 3. The number of hydrogen-bond donors (Lipinski definition) is 3. The summed E-state index contributed by atoms with van der Waals surface area (Å²) in [4.78, 5) is 0.